The van der Waals surface area contributed by atoms with Gasteiger partial charge in [0.25, 0.3) is 0 Å². The van der Waals surface area contributed by atoms with E-state index in [-0.39, 0.29) is 13.2 Å². The highest BCUT2D eigenvalue weighted by Gasteiger charge is 2.43. The lowest BCUT2D eigenvalue weighted by molar-refractivity contribution is -0.140. The first-order chi connectivity index (χ1) is 10.0. The standard InChI is InChI=1S/C14H21O6P/c1-5-19-21(16,20-6-2)13(14(15)18-4)11-8-7-9-12(10-11)17-3/h7-10,13H,5-6H2,1-4H3. The van der Waals surface area contributed by atoms with E-state index in [9.17, 15) is 9.36 Å². The smallest absolute Gasteiger partial charge is 0.349 e. The van der Waals surface area contributed by atoms with Gasteiger partial charge in [0.2, 0.25) is 0 Å². The molecule has 21 heavy (non-hydrogen) atoms. The zero-order chi connectivity index (χ0) is 15.9. The molecule has 1 unspecified atom stereocenters. The maximum Gasteiger partial charge on any atom is 0.349 e. The van der Waals surface area contributed by atoms with Gasteiger partial charge in [-0.2, -0.15) is 0 Å². The normalized spacial score (nSPS) is 12.8. The Morgan fingerprint density at radius 3 is 2.29 bits per heavy atom. The predicted molar refractivity (Wildman–Crippen MR) is 78.6 cm³/mol. The summed E-state index contributed by atoms with van der Waals surface area (Å²) in [6, 6.07) is 6.71. The molecule has 7 heteroatoms. The molecule has 0 saturated carbocycles. The van der Waals surface area contributed by atoms with Crippen molar-refractivity contribution in [3.8, 4) is 5.75 Å². The number of hydrogen-bond acceptors (Lipinski definition) is 6. The van der Waals surface area contributed by atoms with Crippen molar-refractivity contribution < 1.29 is 27.9 Å². The van der Waals surface area contributed by atoms with Gasteiger partial charge in [-0.3, -0.25) is 9.36 Å². The van der Waals surface area contributed by atoms with Crippen LogP contribution in [0.1, 0.15) is 25.1 Å². The lowest BCUT2D eigenvalue weighted by Crippen LogP contribution is -2.18. The van der Waals surface area contributed by atoms with E-state index >= 15 is 0 Å². The van der Waals surface area contributed by atoms with E-state index in [0.717, 1.165) is 0 Å². The van der Waals surface area contributed by atoms with E-state index in [0.29, 0.717) is 11.3 Å². The molecule has 0 bridgehead atoms. The topological polar surface area (TPSA) is 71.1 Å². The van der Waals surface area contributed by atoms with E-state index in [1.807, 2.05) is 0 Å². The number of methoxy groups -OCH3 is 2. The van der Waals surface area contributed by atoms with Crippen LogP contribution in [0.15, 0.2) is 24.3 Å². The van der Waals surface area contributed by atoms with Gasteiger partial charge in [-0.25, -0.2) is 0 Å². The number of esters is 1. The summed E-state index contributed by atoms with van der Waals surface area (Å²) in [6.45, 7) is 3.70. The second-order valence-corrected chi connectivity index (χ2v) is 6.19. The molecule has 0 N–H and O–H groups in total. The van der Waals surface area contributed by atoms with Crippen LogP contribution in [0.4, 0.5) is 0 Å². The molecule has 0 amide bonds. The first kappa shape index (κ1) is 17.7. The van der Waals surface area contributed by atoms with Crippen LogP contribution < -0.4 is 4.74 Å². The monoisotopic (exact) mass is 316 g/mol. The van der Waals surface area contributed by atoms with Crippen molar-refractivity contribution in [1.82, 2.24) is 0 Å². The molecule has 0 aromatic heterocycles. The van der Waals surface area contributed by atoms with Gasteiger partial charge in [-0.1, -0.05) is 12.1 Å². The van der Waals surface area contributed by atoms with Crippen molar-refractivity contribution in [3.63, 3.8) is 0 Å². The second kappa shape index (κ2) is 8.17. The van der Waals surface area contributed by atoms with E-state index in [1.165, 1.54) is 14.2 Å². The molecule has 0 radical (unpaired) electrons. The minimum absolute atomic E-state index is 0.161. The van der Waals surface area contributed by atoms with Crippen LogP contribution in [0.2, 0.25) is 0 Å². The fourth-order valence-electron chi connectivity index (χ4n) is 1.92. The molecular formula is C14H21O6P. The summed E-state index contributed by atoms with van der Waals surface area (Å²) >= 11 is 0. The van der Waals surface area contributed by atoms with E-state index in [2.05, 4.69) is 0 Å². The Morgan fingerprint density at radius 1 is 1.19 bits per heavy atom. The Bertz CT molecular complexity index is 506. The fourth-order valence-corrected chi connectivity index (χ4v) is 3.90. The molecule has 0 saturated heterocycles. The van der Waals surface area contributed by atoms with E-state index in [4.69, 9.17) is 18.5 Å². The van der Waals surface area contributed by atoms with Crippen LogP contribution in [0.25, 0.3) is 0 Å². The molecule has 1 rings (SSSR count). The van der Waals surface area contributed by atoms with Crippen molar-refractivity contribution >= 4 is 13.6 Å². The maximum absolute atomic E-state index is 12.9. The van der Waals surface area contributed by atoms with Gasteiger partial charge in [0.15, 0.2) is 5.66 Å². The molecule has 0 fully saturated rings. The Hall–Kier alpha value is -1.36. The van der Waals surface area contributed by atoms with Crippen LogP contribution in [-0.2, 0) is 23.1 Å². The number of hydrogen-bond donors (Lipinski definition) is 0. The van der Waals surface area contributed by atoms with Crippen LogP contribution in [0.5, 0.6) is 5.75 Å². The highest BCUT2D eigenvalue weighted by molar-refractivity contribution is 7.55. The number of rotatable bonds is 8. The van der Waals surface area contributed by atoms with Crippen molar-refractivity contribution in [2.24, 2.45) is 0 Å². The third-order valence-corrected chi connectivity index (χ3v) is 5.15. The molecule has 0 aliphatic rings. The van der Waals surface area contributed by atoms with E-state index in [1.54, 1.807) is 38.1 Å². The number of carbonyl (C=O) groups is 1. The molecule has 0 aliphatic carbocycles. The van der Waals surface area contributed by atoms with Crippen molar-refractivity contribution in [3.05, 3.63) is 29.8 Å². The van der Waals surface area contributed by atoms with Crippen LogP contribution >= 0.6 is 7.60 Å². The fraction of sp³-hybridized carbons (Fsp3) is 0.500. The lowest BCUT2D eigenvalue weighted by atomic mass is 10.1. The number of ether oxygens (including phenoxy) is 2. The largest absolute Gasteiger partial charge is 0.497 e. The quantitative estimate of drug-likeness (QED) is 0.542. The van der Waals surface area contributed by atoms with Gasteiger partial charge >= 0.3 is 13.6 Å². The van der Waals surface area contributed by atoms with Gasteiger partial charge in [-0.05, 0) is 31.5 Å². The Labute approximate surface area is 124 Å². The minimum atomic E-state index is -3.68. The molecule has 6 nitrogen and oxygen atoms in total. The average Bonchev–Trinajstić information content (AvgIpc) is 2.47. The Morgan fingerprint density at radius 2 is 1.81 bits per heavy atom. The van der Waals surface area contributed by atoms with Gasteiger partial charge in [0, 0.05) is 0 Å². The first-order valence-electron chi connectivity index (χ1n) is 6.63. The van der Waals surface area contributed by atoms with Crippen LogP contribution in [0.3, 0.4) is 0 Å². The summed E-state index contributed by atoms with van der Waals surface area (Å²) in [4.78, 5) is 12.1. The van der Waals surface area contributed by atoms with Crippen molar-refractivity contribution in [1.29, 1.82) is 0 Å². The SMILES string of the molecule is CCOP(=O)(OCC)C(C(=O)OC)c1cccc(OC)c1. The zero-order valence-electron chi connectivity index (χ0n) is 12.7. The third kappa shape index (κ3) is 4.30. The van der Waals surface area contributed by atoms with E-state index < -0.39 is 19.2 Å². The molecule has 1 aromatic carbocycles. The predicted octanol–water partition coefficient (Wildman–Crippen LogP) is 3.18. The Kier molecular flexibility index (Phi) is 6.89. The maximum atomic E-state index is 12.9. The van der Waals surface area contributed by atoms with Crippen LogP contribution in [0, 0.1) is 0 Å². The van der Waals surface area contributed by atoms with Gasteiger partial charge in [0.05, 0.1) is 27.4 Å². The van der Waals surface area contributed by atoms with Gasteiger partial charge in [0.1, 0.15) is 5.75 Å². The summed E-state index contributed by atoms with van der Waals surface area (Å²) in [5.74, 6) is -0.130. The summed E-state index contributed by atoms with van der Waals surface area (Å²) in [5.41, 5.74) is -0.677. The summed E-state index contributed by atoms with van der Waals surface area (Å²) < 4.78 is 33.4. The molecule has 1 atom stereocenters. The number of carbonyl (C=O) groups excluding carboxylic acids is 1. The molecule has 0 aliphatic heterocycles. The zero-order valence-corrected chi connectivity index (χ0v) is 13.6. The minimum Gasteiger partial charge on any atom is -0.497 e. The second-order valence-electron chi connectivity index (χ2n) is 4.08. The summed E-state index contributed by atoms with van der Waals surface area (Å²) in [6.07, 6.45) is 0. The van der Waals surface area contributed by atoms with Crippen LogP contribution in [-0.4, -0.2) is 33.4 Å². The summed E-state index contributed by atoms with van der Waals surface area (Å²) in [7, 11) is -0.940. The molecule has 1 aromatic rings. The molecule has 0 spiro atoms. The van der Waals surface area contributed by atoms with Gasteiger partial charge < -0.3 is 18.5 Å². The van der Waals surface area contributed by atoms with Crippen molar-refractivity contribution in [2.45, 2.75) is 19.5 Å². The summed E-state index contributed by atoms with van der Waals surface area (Å²) in [5, 5.41) is 0. The number of benzene rings is 1. The third-order valence-electron chi connectivity index (χ3n) is 2.77. The molecular weight excluding hydrogens is 295 g/mol. The molecule has 0 heterocycles. The highest BCUT2D eigenvalue weighted by Crippen LogP contribution is 2.61. The Balaban J connectivity index is 3.32. The highest BCUT2D eigenvalue weighted by atomic mass is 31.2. The van der Waals surface area contributed by atoms with Crippen molar-refractivity contribution in [2.75, 3.05) is 27.4 Å². The van der Waals surface area contributed by atoms with Gasteiger partial charge in [-0.15, -0.1) is 0 Å². The molecule has 118 valence electrons. The lowest BCUT2D eigenvalue weighted by Gasteiger charge is -2.24. The first-order valence-corrected chi connectivity index (χ1v) is 8.24. The average molecular weight is 316 g/mol.